The largest absolute Gasteiger partial charge is 0.323 e. The third-order valence-corrected chi connectivity index (χ3v) is 5.21. The number of hydrogen-bond donors (Lipinski definition) is 1. The summed E-state index contributed by atoms with van der Waals surface area (Å²) in [5.74, 6) is 3.39. The Kier molecular flexibility index (Phi) is 5.57. The first-order chi connectivity index (χ1) is 8.72. The molecule has 1 aromatic rings. The van der Waals surface area contributed by atoms with Crippen LogP contribution in [-0.2, 0) is 6.54 Å². The summed E-state index contributed by atoms with van der Waals surface area (Å²) in [6.45, 7) is 3.12. The van der Waals surface area contributed by atoms with Gasteiger partial charge >= 0.3 is 0 Å². The van der Waals surface area contributed by atoms with Gasteiger partial charge in [-0.05, 0) is 59.0 Å². The van der Waals surface area contributed by atoms with Gasteiger partial charge in [-0.1, -0.05) is 6.92 Å². The number of rotatable bonds is 5. The van der Waals surface area contributed by atoms with Crippen molar-refractivity contribution in [3.63, 3.8) is 0 Å². The highest BCUT2D eigenvalue weighted by Gasteiger charge is 2.22. The Bertz CT molecular complexity index is 374. The van der Waals surface area contributed by atoms with Gasteiger partial charge in [-0.15, -0.1) is 0 Å². The molecule has 18 heavy (non-hydrogen) atoms. The number of nitrogens with zero attached hydrogens (tertiary/aromatic N) is 2. The minimum absolute atomic E-state index is 0.113. The van der Waals surface area contributed by atoms with Crippen LogP contribution in [0.25, 0.3) is 0 Å². The molecule has 0 aliphatic carbocycles. The summed E-state index contributed by atoms with van der Waals surface area (Å²) >= 11 is 5.66. The molecule has 1 saturated heterocycles. The Morgan fingerprint density at radius 3 is 2.94 bits per heavy atom. The maximum absolute atomic E-state index is 6.40. The Labute approximate surface area is 122 Å². The third kappa shape index (κ3) is 3.52. The van der Waals surface area contributed by atoms with E-state index in [1.165, 1.54) is 30.0 Å². The van der Waals surface area contributed by atoms with E-state index in [2.05, 4.69) is 44.4 Å². The quantitative estimate of drug-likeness (QED) is 0.896. The standard InChI is InChI=1S/C13H22BrN3S/c1-2-5-17-13(11(14)9-16-17)12(15)8-10-3-6-18-7-4-10/h9-10,12H,2-8,15H2,1H3. The third-order valence-electron chi connectivity index (χ3n) is 3.55. The van der Waals surface area contributed by atoms with Crippen molar-refractivity contribution in [2.45, 2.75) is 45.2 Å². The van der Waals surface area contributed by atoms with E-state index in [1.54, 1.807) is 0 Å². The monoisotopic (exact) mass is 331 g/mol. The van der Waals surface area contributed by atoms with Crippen LogP contribution >= 0.6 is 27.7 Å². The van der Waals surface area contributed by atoms with Gasteiger partial charge < -0.3 is 5.73 Å². The SMILES string of the molecule is CCCn1ncc(Br)c1C(N)CC1CCSCC1. The number of nitrogens with two attached hydrogens (primary N) is 1. The number of thioether (sulfide) groups is 1. The molecule has 1 atom stereocenters. The van der Waals surface area contributed by atoms with Gasteiger partial charge in [0.25, 0.3) is 0 Å². The lowest BCUT2D eigenvalue weighted by molar-refractivity contribution is 0.396. The van der Waals surface area contributed by atoms with Gasteiger partial charge in [-0.25, -0.2) is 0 Å². The average molecular weight is 332 g/mol. The summed E-state index contributed by atoms with van der Waals surface area (Å²) in [5.41, 5.74) is 7.58. The lowest BCUT2D eigenvalue weighted by Gasteiger charge is -2.25. The van der Waals surface area contributed by atoms with Crippen molar-refractivity contribution in [3.8, 4) is 0 Å². The lowest BCUT2D eigenvalue weighted by atomic mass is 9.93. The summed E-state index contributed by atoms with van der Waals surface area (Å²) in [7, 11) is 0. The Morgan fingerprint density at radius 2 is 2.28 bits per heavy atom. The van der Waals surface area contributed by atoms with Crippen LogP contribution in [0.5, 0.6) is 0 Å². The van der Waals surface area contributed by atoms with E-state index in [0.717, 1.165) is 29.8 Å². The summed E-state index contributed by atoms with van der Waals surface area (Å²) in [5, 5.41) is 4.41. The van der Waals surface area contributed by atoms with Crippen molar-refractivity contribution in [2.75, 3.05) is 11.5 Å². The molecular weight excluding hydrogens is 310 g/mol. The summed E-state index contributed by atoms with van der Waals surface area (Å²) in [4.78, 5) is 0. The predicted octanol–water partition coefficient (Wildman–Crippen LogP) is 3.59. The molecule has 0 radical (unpaired) electrons. The number of halogens is 1. The number of aromatic nitrogens is 2. The summed E-state index contributed by atoms with van der Waals surface area (Å²) < 4.78 is 3.13. The van der Waals surface area contributed by atoms with Gasteiger partial charge in [0.15, 0.2) is 0 Å². The lowest BCUT2D eigenvalue weighted by Crippen LogP contribution is -2.22. The molecule has 1 fully saturated rings. The molecule has 102 valence electrons. The van der Waals surface area contributed by atoms with Crippen molar-refractivity contribution in [1.82, 2.24) is 9.78 Å². The van der Waals surface area contributed by atoms with Gasteiger partial charge in [0.1, 0.15) is 0 Å². The zero-order valence-corrected chi connectivity index (χ0v) is 13.3. The second-order valence-corrected chi connectivity index (χ2v) is 7.08. The van der Waals surface area contributed by atoms with E-state index < -0.39 is 0 Å². The van der Waals surface area contributed by atoms with Gasteiger partial charge in [0.05, 0.1) is 16.4 Å². The van der Waals surface area contributed by atoms with Crippen molar-refractivity contribution in [3.05, 3.63) is 16.4 Å². The average Bonchev–Trinajstić information content (AvgIpc) is 2.72. The Morgan fingerprint density at radius 1 is 1.56 bits per heavy atom. The molecule has 1 unspecified atom stereocenters. The van der Waals surface area contributed by atoms with Crippen LogP contribution in [0.4, 0.5) is 0 Å². The van der Waals surface area contributed by atoms with Gasteiger partial charge in [0.2, 0.25) is 0 Å². The topological polar surface area (TPSA) is 43.8 Å². The summed E-state index contributed by atoms with van der Waals surface area (Å²) in [6, 6.07) is 0.113. The zero-order chi connectivity index (χ0) is 13.0. The first kappa shape index (κ1) is 14.4. The molecular formula is C13H22BrN3S. The van der Waals surface area contributed by atoms with Gasteiger partial charge in [-0.2, -0.15) is 16.9 Å². The van der Waals surface area contributed by atoms with Crippen LogP contribution in [0, 0.1) is 5.92 Å². The van der Waals surface area contributed by atoms with Crippen LogP contribution in [0.15, 0.2) is 10.7 Å². The fourth-order valence-corrected chi connectivity index (χ4v) is 4.38. The highest BCUT2D eigenvalue weighted by Crippen LogP contribution is 2.32. The first-order valence-electron chi connectivity index (χ1n) is 6.77. The molecule has 2 N–H and O–H groups in total. The Balaban J connectivity index is 2.02. The highest BCUT2D eigenvalue weighted by atomic mass is 79.9. The van der Waals surface area contributed by atoms with Gasteiger partial charge in [-0.3, -0.25) is 4.68 Å². The number of hydrogen-bond acceptors (Lipinski definition) is 3. The van der Waals surface area contributed by atoms with Crippen molar-refractivity contribution < 1.29 is 0 Å². The van der Waals surface area contributed by atoms with E-state index in [4.69, 9.17) is 5.73 Å². The van der Waals surface area contributed by atoms with Crippen LogP contribution in [0.2, 0.25) is 0 Å². The smallest absolute Gasteiger partial charge is 0.0693 e. The van der Waals surface area contributed by atoms with Crippen molar-refractivity contribution >= 4 is 27.7 Å². The normalized spacial score (nSPS) is 19.1. The molecule has 0 amide bonds. The van der Waals surface area contributed by atoms with Crippen LogP contribution < -0.4 is 5.73 Å². The maximum atomic E-state index is 6.40. The Hall–Kier alpha value is -0.0000000000000000555. The molecule has 0 saturated carbocycles. The van der Waals surface area contributed by atoms with E-state index in [9.17, 15) is 0 Å². The van der Waals surface area contributed by atoms with E-state index in [0.29, 0.717) is 0 Å². The second-order valence-electron chi connectivity index (χ2n) is 5.00. The van der Waals surface area contributed by atoms with Crippen molar-refractivity contribution in [2.24, 2.45) is 11.7 Å². The zero-order valence-electron chi connectivity index (χ0n) is 10.9. The van der Waals surface area contributed by atoms with E-state index >= 15 is 0 Å². The molecule has 3 nitrogen and oxygen atoms in total. The molecule has 2 rings (SSSR count). The molecule has 1 aliphatic rings. The molecule has 0 spiro atoms. The molecule has 1 aromatic heterocycles. The second kappa shape index (κ2) is 6.96. The van der Waals surface area contributed by atoms with Crippen molar-refractivity contribution in [1.29, 1.82) is 0 Å². The van der Waals surface area contributed by atoms with E-state index in [1.807, 2.05) is 6.20 Å². The highest BCUT2D eigenvalue weighted by molar-refractivity contribution is 9.10. The fraction of sp³-hybridized carbons (Fsp3) is 0.769. The molecule has 2 heterocycles. The van der Waals surface area contributed by atoms with Crippen LogP contribution in [-0.4, -0.2) is 21.3 Å². The number of aryl methyl sites for hydroxylation is 1. The first-order valence-corrected chi connectivity index (χ1v) is 8.71. The van der Waals surface area contributed by atoms with Crippen LogP contribution in [0.3, 0.4) is 0 Å². The predicted molar refractivity (Wildman–Crippen MR) is 81.8 cm³/mol. The van der Waals surface area contributed by atoms with E-state index in [-0.39, 0.29) is 6.04 Å². The minimum atomic E-state index is 0.113. The summed E-state index contributed by atoms with van der Waals surface area (Å²) in [6.07, 6.45) is 6.69. The molecule has 1 aliphatic heterocycles. The maximum Gasteiger partial charge on any atom is 0.0693 e. The minimum Gasteiger partial charge on any atom is -0.323 e. The molecule has 0 bridgehead atoms. The van der Waals surface area contributed by atoms with Gasteiger partial charge in [0, 0.05) is 12.6 Å². The van der Waals surface area contributed by atoms with Crippen LogP contribution in [0.1, 0.15) is 44.3 Å². The molecule has 5 heteroatoms. The fourth-order valence-electron chi connectivity index (χ4n) is 2.58. The molecule has 0 aromatic carbocycles.